The van der Waals surface area contributed by atoms with E-state index in [1.54, 1.807) is 0 Å². The number of hydrogen-bond acceptors (Lipinski definition) is 3. The zero-order valence-electron chi connectivity index (χ0n) is 9.67. The standard InChI is InChI=1S/C12H19N3/c1-8(2)10-6-13-11-4-9(3)5-14-12(11)15-7-10/h4-5,8,10,13H,6-7H2,1-3H3,(H,14,15). The number of fused-ring (bicyclic) bond motifs is 1. The Labute approximate surface area is 91.3 Å². The van der Waals surface area contributed by atoms with Gasteiger partial charge in [0, 0.05) is 19.3 Å². The largest absolute Gasteiger partial charge is 0.382 e. The van der Waals surface area contributed by atoms with Crippen molar-refractivity contribution in [2.45, 2.75) is 20.8 Å². The summed E-state index contributed by atoms with van der Waals surface area (Å²) in [5.41, 5.74) is 2.34. The molecule has 0 aliphatic carbocycles. The van der Waals surface area contributed by atoms with Gasteiger partial charge >= 0.3 is 0 Å². The van der Waals surface area contributed by atoms with Crippen LogP contribution in [0.5, 0.6) is 0 Å². The maximum absolute atomic E-state index is 4.40. The van der Waals surface area contributed by atoms with Gasteiger partial charge in [0.25, 0.3) is 0 Å². The molecule has 0 spiro atoms. The van der Waals surface area contributed by atoms with Crippen molar-refractivity contribution in [2.75, 3.05) is 23.7 Å². The summed E-state index contributed by atoms with van der Waals surface area (Å²) in [4.78, 5) is 4.40. The minimum absolute atomic E-state index is 0.666. The third-order valence-electron chi connectivity index (χ3n) is 3.05. The third kappa shape index (κ3) is 2.22. The Morgan fingerprint density at radius 3 is 2.80 bits per heavy atom. The quantitative estimate of drug-likeness (QED) is 0.739. The van der Waals surface area contributed by atoms with E-state index in [1.165, 1.54) is 5.56 Å². The van der Waals surface area contributed by atoms with Gasteiger partial charge < -0.3 is 10.6 Å². The highest BCUT2D eigenvalue weighted by molar-refractivity contribution is 5.65. The number of pyridine rings is 1. The van der Waals surface area contributed by atoms with E-state index in [2.05, 4.69) is 42.5 Å². The van der Waals surface area contributed by atoms with Crippen molar-refractivity contribution in [2.24, 2.45) is 11.8 Å². The van der Waals surface area contributed by atoms with Crippen LogP contribution in [0.15, 0.2) is 12.3 Å². The average Bonchev–Trinajstić information content (AvgIpc) is 2.39. The first-order valence-corrected chi connectivity index (χ1v) is 5.61. The van der Waals surface area contributed by atoms with E-state index in [0.29, 0.717) is 11.8 Å². The predicted molar refractivity (Wildman–Crippen MR) is 64.3 cm³/mol. The summed E-state index contributed by atoms with van der Waals surface area (Å²) in [6.07, 6.45) is 1.91. The lowest BCUT2D eigenvalue weighted by Gasteiger charge is -2.18. The first-order valence-electron chi connectivity index (χ1n) is 5.61. The van der Waals surface area contributed by atoms with Gasteiger partial charge in [-0.05, 0) is 30.4 Å². The van der Waals surface area contributed by atoms with Crippen LogP contribution in [0.4, 0.5) is 11.5 Å². The van der Waals surface area contributed by atoms with Crippen LogP contribution >= 0.6 is 0 Å². The molecule has 2 heterocycles. The molecule has 1 atom stereocenters. The number of nitrogens with one attached hydrogen (secondary N) is 2. The van der Waals surface area contributed by atoms with Crippen molar-refractivity contribution < 1.29 is 0 Å². The molecule has 1 aliphatic heterocycles. The molecule has 0 saturated heterocycles. The van der Waals surface area contributed by atoms with Crippen LogP contribution in [0.1, 0.15) is 19.4 Å². The minimum Gasteiger partial charge on any atom is -0.382 e. The van der Waals surface area contributed by atoms with Gasteiger partial charge in [0.1, 0.15) is 5.82 Å². The van der Waals surface area contributed by atoms with Crippen molar-refractivity contribution in [1.29, 1.82) is 0 Å². The van der Waals surface area contributed by atoms with Gasteiger partial charge in [0.05, 0.1) is 5.69 Å². The number of hydrogen-bond donors (Lipinski definition) is 2. The second kappa shape index (κ2) is 4.09. The Morgan fingerprint density at radius 1 is 1.33 bits per heavy atom. The minimum atomic E-state index is 0.666. The van der Waals surface area contributed by atoms with Crippen LogP contribution in [0.2, 0.25) is 0 Å². The molecule has 0 bridgehead atoms. The lowest BCUT2D eigenvalue weighted by atomic mass is 9.96. The van der Waals surface area contributed by atoms with Gasteiger partial charge in [-0.2, -0.15) is 0 Å². The second-order valence-corrected chi connectivity index (χ2v) is 4.67. The lowest BCUT2D eigenvalue weighted by molar-refractivity contribution is 0.426. The van der Waals surface area contributed by atoms with Gasteiger partial charge in [-0.1, -0.05) is 13.8 Å². The maximum atomic E-state index is 4.40. The Bertz CT molecular complexity index is 347. The van der Waals surface area contributed by atoms with Crippen molar-refractivity contribution in [3.63, 3.8) is 0 Å². The topological polar surface area (TPSA) is 37.0 Å². The van der Waals surface area contributed by atoms with Gasteiger partial charge in [-0.25, -0.2) is 4.98 Å². The number of aryl methyl sites for hydroxylation is 1. The van der Waals surface area contributed by atoms with Gasteiger partial charge in [-0.3, -0.25) is 0 Å². The Morgan fingerprint density at radius 2 is 2.07 bits per heavy atom. The Hall–Kier alpha value is -1.25. The summed E-state index contributed by atoms with van der Waals surface area (Å²) in [5.74, 6) is 2.35. The number of anilines is 2. The van der Waals surface area contributed by atoms with Crippen LogP contribution < -0.4 is 10.6 Å². The summed E-state index contributed by atoms with van der Waals surface area (Å²) in [6, 6.07) is 2.15. The summed E-state index contributed by atoms with van der Waals surface area (Å²) >= 11 is 0. The molecule has 0 amide bonds. The van der Waals surface area contributed by atoms with Crippen molar-refractivity contribution >= 4 is 11.5 Å². The van der Waals surface area contributed by atoms with Gasteiger partial charge in [-0.15, -0.1) is 0 Å². The van der Waals surface area contributed by atoms with Gasteiger partial charge in [0.2, 0.25) is 0 Å². The molecular formula is C12H19N3. The molecule has 1 aromatic heterocycles. The van der Waals surface area contributed by atoms with E-state index >= 15 is 0 Å². The summed E-state index contributed by atoms with van der Waals surface area (Å²) in [7, 11) is 0. The third-order valence-corrected chi connectivity index (χ3v) is 3.05. The van der Waals surface area contributed by atoms with Crippen LogP contribution in [0, 0.1) is 18.8 Å². The normalized spacial score (nSPS) is 20.1. The van der Waals surface area contributed by atoms with Crippen molar-refractivity contribution in [3.05, 3.63) is 17.8 Å². The van der Waals surface area contributed by atoms with E-state index < -0.39 is 0 Å². The lowest BCUT2D eigenvalue weighted by Crippen LogP contribution is -2.23. The van der Waals surface area contributed by atoms with Crippen LogP contribution in [0.25, 0.3) is 0 Å². The molecule has 0 aromatic carbocycles. The molecule has 1 aliphatic rings. The highest BCUT2D eigenvalue weighted by atomic mass is 15.1. The Balaban J connectivity index is 2.18. The van der Waals surface area contributed by atoms with Crippen molar-refractivity contribution in [1.82, 2.24) is 4.98 Å². The van der Waals surface area contributed by atoms with Crippen LogP contribution in [-0.4, -0.2) is 18.1 Å². The second-order valence-electron chi connectivity index (χ2n) is 4.67. The van der Waals surface area contributed by atoms with E-state index in [1.807, 2.05) is 6.20 Å². The van der Waals surface area contributed by atoms with Gasteiger partial charge in [0.15, 0.2) is 0 Å². The van der Waals surface area contributed by atoms with Crippen LogP contribution in [0.3, 0.4) is 0 Å². The molecule has 15 heavy (non-hydrogen) atoms. The number of rotatable bonds is 1. The number of nitrogens with zero attached hydrogens (tertiary/aromatic N) is 1. The van der Waals surface area contributed by atoms with Crippen molar-refractivity contribution in [3.8, 4) is 0 Å². The van der Waals surface area contributed by atoms with Crippen LogP contribution in [-0.2, 0) is 0 Å². The highest BCUT2D eigenvalue weighted by Crippen LogP contribution is 2.25. The highest BCUT2D eigenvalue weighted by Gasteiger charge is 2.18. The summed E-state index contributed by atoms with van der Waals surface area (Å²) in [6.45, 7) is 8.64. The number of aromatic nitrogens is 1. The first-order chi connectivity index (χ1) is 7.16. The molecule has 82 valence electrons. The van der Waals surface area contributed by atoms with E-state index in [0.717, 1.165) is 24.6 Å². The monoisotopic (exact) mass is 205 g/mol. The fourth-order valence-corrected chi connectivity index (χ4v) is 1.86. The van der Waals surface area contributed by atoms with E-state index in [9.17, 15) is 0 Å². The smallest absolute Gasteiger partial charge is 0.149 e. The molecule has 3 nitrogen and oxygen atoms in total. The molecule has 2 rings (SSSR count). The SMILES string of the molecule is Cc1cnc2c(c1)NCC(C(C)C)CN2. The molecule has 0 fully saturated rings. The molecule has 0 saturated carbocycles. The zero-order valence-corrected chi connectivity index (χ0v) is 9.67. The fraction of sp³-hybridized carbons (Fsp3) is 0.583. The average molecular weight is 205 g/mol. The summed E-state index contributed by atoms with van der Waals surface area (Å²) in [5, 5.41) is 6.88. The zero-order chi connectivity index (χ0) is 10.8. The maximum Gasteiger partial charge on any atom is 0.149 e. The first kappa shape index (κ1) is 10.3. The van der Waals surface area contributed by atoms with E-state index in [4.69, 9.17) is 0 Å². The molecule has 2 N–H and O–H groups in total. The molecular weight excluding hydrogens is 186 g/mol. The van der Waals surface area contributed by atoms with E-state index in [-0.39, 0.29) is 0 Å². The predicted octanol–water partition coefficient (Wildman–Crippen LogP) is 2.50. The fourth-order valence-electron chi connectivity index (χ4n) is 1.86. The molecule has 1 unspecified atom stereocenters. The Kier molecular flexibility index (Phi) is 2.80. The molecule has 1 aromatic rings. The summed E-state index contributed by atoms with van der Waals surface area (Å²) < 4.78 is 0. The molecule has 0 radical (unpaired) electrons. The molecule has 3 heteroatoms.